The molecule has 6 nitrogen and oxygen atoms in total. The topological polar surface area (TPSA) is 72.0 Å². The molecule has 0 aliphatic carbocycles. The normalized spacial score (nSPS) is 10.3. The van der Waals surface area contributed by atoms with Crippen LogP contribution in [0.4, 0.5) is 22.0 Å². The fourth-order valence-corrected chi connectivity index (χ4v) is 1.90. The number of rotatable bonds is 6. The van der Waals surface area contributed by atoms with Gasteiger partial charge in [-0.25, -0.2) is 4.39 Å². The highest BCUT2D eigenvalue weighted by molar-refractivity contribution is 9.10. The first-order chi connectivity index (χ1) is 10.1. The van der Waals surface area contributed by atoms with Crippen LogP contribution < -0.4 is 15.4 Å². The molecule has 0 atom stereocenters. The van der Waals surface area contributed by atoms with E-state index in [9.17, 15) is 4.39 Å². The fraction of sp³-hybridized carbons (Fsp3) is 0.308. The van der Waals surface area contributed by atoms with Crippen molar-refractivity contribution in [3.8, 4) is 6.01 Å². The van der Waals surface area contributed by atoms with E-state index in [1.807, 2.05) is 6.92 Å². The van der Waals surface area contributed by atoms with Gasteiger partial charge in [0.2, 0.25) is 11.9 Å². The number of methoxy groups -OCH3 is 1. The smallest absolute Gasteiger partial charge is 0.322 e. The first-order valence-corrected chi connectivity index (χ1v) is 7.17. The predicted molar refractivity (Wildman–Crippen MR) is 82.5 cm³/mol. The number of nitrogens with one attached hydrogen (secondary N) is 2. The van der Waals surface area contributed by atoms with Gasteiger partial charge in [-0.2, -0.15) is 15.0 Å². The number of benzene rings is 1. The molecule has 8 heteroatoms. The lowest BCUT2D eigenvalue weighted by atomic mass is 10.3. The molecule has 0 radical (unpaired) electrons. The van der Waals surface area contributed by atoms with E-state index in [4.69, 9.17) is 4.74 Å². The fourth-order valence-electron chi connectivity index (χ4n) is 1.52. The third-order valence-electron chi connectivity index (χ3n) is 2.51. The van der Waals surface area contributed by atoms with Gasteiger partial charge in [0, 0.05) is 12.2 Å². The molecule has 2 aromatic rings. The van der Waals surface area contributed by atoms with E-state index in [0.717, 1.165) is 13.0 Å². The molecule has 0 aliphatic rings. The minimum absolute atomic E-state index is 0.201. The second kappa shape index (κ2) is 7.16. The zero-order valence-corrected chi connectivity index (χ0v) is 13.2. The van der Waals surface area contributed by atoms with Gasteiger partial charge in [-0.05, 0) is 40.5 Å². The second-order valence-electron chi connectivity index (χ2n) is 4.15. The van der Waals surface area contributed by atoms with Crippen LogP contribution in [0.3, 0.4) is 0 Å². The predicted octanol–water partition coefficient (Wildman–Crippen LogP) is 3.35. The number of ether oxygens (including phenoxy) is 1. The number of nitrogens with zero attached hydrogens (tertiary/aromatic N) is 3. The summed E-state index contributed by atoms with van der Waals surface area (Å²) in [6, 6.07) is 4.74. The van der Waals surface area contributed by atoms with Gasteiger partial charge in [0.15, 0.2) is 0 Å². The summed E-state index contributed by atoms with van der Waals surface area (Å²) < 4.78 is 18.6. The van der Waals surface area contributed by atoms with E-state index in [1.54, 1.807) is 12.1 Å². The van der Waals surface area contributed by atoms with Gasteiger partial charge in [-0.15, -0.1) is 0 Å². The molecule has 0 amide bonds. The molecule has 1 heterocycles. The summed E-state index contributed by atoms with van der Waals surface area (Å²) in [5, 5.41) is 6.05. The van der Waals surface area contributed by atoms with Crippen molar-refractivity contribution in [1.82, 2.24) is 15.0 Å². The van der Waals surface area contributed by atoms with Gasteiger partial charge in [0.1, 0.15) is 5.82 Å². The van der Waals surface area contributed by atoms with Crippen LogP contribution in [-0.4, -0.2) is 28.6 Å². The van der Waals surface area contributed by atoms with Crippen LogP contribution in [-0.2, 0) is 0 Å². The average Bonchev–Trinajstić information content (AvgIpc) is 2.48. The van der Waals surface area contributed by atoms with Crippen LogP contribution in [0, 0.1) is 5.82 Å². The number of aromatic nitrogens is 3. The summed E-state index contributed by atoms with van der Waals surface area (Å²) >= 11 is 3.13. The van der Waals surface area contributed by atoms with Crippen molar-refractivity contribution in [2.24, 2.45) is 0 Å². The van der Waals surface area contributed by atoms with Gasteiger partial charge in [0.05, 0.1) is 11.6 Å². The van der Waals surface area contributed by atoms with Crippen molar-refractivity contribution < 1.29 is 9.13 Å². The summed E-state index contributed by atoms with van der Waals surface area (Å²) in [6.07, 6.45) is 0.946. The van der Waals surface area contributed by atoms with Gasteiger partial charge < -0.3 is 15.4 Å². The second-order valence-corrected chi connectivity index (χ2v) is 5.00. The maximum absolute atomic E-state index is 13.2. The molecule has 1 aromatic carbocycles. The minimum Gasteiger partial charge on any atom is -0.467 e. The maximum atomic E-state index is 13.2. The van der Waals surface area contributed by atoms with Crippen molar-refractivity contribution in [3.63, 3.8) is 0 Å². The van der Waals surface area contributed by atoms with E-state index >= 15 is 0 Å². The lowest BCUT2D eigenvalue weighted by Crippen LogP contribution is -2.09. The molecule has 0 unspecified atom stereocenters. The van der Waals surface area contributed by atoms with Crippen LogP contribution >= 0.6 is 15.9 Å². The van der Waals surface area contributed by atoms with Crippen molar-refractivity contribution in [2.75, 3.05) is 24.3 Å². The molecule has 0 aliphatic heterocycles. The Hall–Kier alpha value is -1.96. The molecule has 0 spiro atoms. The Labute approximate surface area is 130 Å². The Balaban J connectivity index is 2.23. The van der Waals surface area contributed by atoms with E-state index in [-0.39, 0.29) is 11.8 Å². The molecule has 112 valence electrons. The van der Waals surface area contributed by atoms with Gasteiger partial charge in [-0.3, -0.25) is 0 Å². The molecule has 0 bridgehead atoms. The van der Waals surface area contributed by atoms with E-state index in [0.29, 0.717) is 22.1 Å². The van der Waals surface area contributed by atoms with Crippen molar-refractivity contribution in [3.05, 3.63) is 28.5 Å². The molecule has 2 N–H and O–H groups in total. The highest BCUT2D eigenvalue weighted by atomic mass is 79.9. The molecule has 21 heavy (non-hydrogen) atoms. The molecule has 0 fully saturated rings. The molecule has 2 rings (SSSR count). The SMILES string of the molecule is CCCNc1nc(Nc2ccc(F)c(Br)c2)nc(OC)n1. The van der Waals surface area contributed by atoms with Gasteiger partial charge in [-0.1, -0.05) is 6.92 Å². The van der Waals surface area contributed by atoms with E-state index < -0.39 is 0 Å². The Morgan fingerprint density at radius 1 is 1.24 bits per heavy atom. The quantitative estimate of drug-likeness (QED) is 0.827. The zero-order chi connectivity index (χ0) is 15.2. The Morgan fingerprint density at radius 3 is 2.67 bits per heavy atom. The molecule has 0 saturated heterocycles. The molecule has 0 saturated carbocycles. The van der Waals surface area contributed by atoms with E-state index in [1.165, 1.54) is 13.2 Å². The Morgan fingerprint density at radius 2 is 2.00 bits per heavy atom. The molecule has 1 aromatic heterocycles. The third kappa shape index (κ3) is 4.25. The zero-order valence-electron chi connectivity index (χ0n) is 11.7. The van der Waals surface area contributed by atoms with Crippen LogP contribution in [0.15, 0.2) is 22.7 Å². The summed E-state index contributed by atoms with van der Waals surface area (Å²) in [6.45, 7) is 2.79. The highest BCUT2D eigenvalue weighted by Gasteiger charge is 2.08. The Kier molecular flexibility index (Phi) is 5.26. The lowest BCUT2D eigenvalue weighted by molar-refractivity contribution is 0.379. The molecular weight excluding hydrogens is 341 g/mol. The first-order valence-electron chi connectivity index (χ1n) is 6.38. The van der Waals surface area contributed by atoms with Crippen molar-refractivity contribution >= 4 is 33.5 Å². The summed E-state index contributed by atoms with van der Waals surface area (Å²) in [5.41, 5.74) is 0.651. The summed E-state index contributed by atoms with van der Waals surface area (Å²) in [5.74, 6) is 0.408. The maximum Gasteiger partial charge on any atom is 0.322 e. The van der Waals surface area contributed by atoms with Crippen molar-refractivity contribution in [2.45, 2.75) is 13.3 Å². The summed E-state index contributed by atoms with van der Waals surface area (Å²) in [7, 11) is 1.48. The lowest BCUT2D eigenvalue weighted by Gasteiger charge is -2.09. The largest absolute Gasteiger partial charge is 0.467 e. The Bertz CT molecular complexity index is 626. The van der Waals surface area contributed by atoms with Gasteiger partial charge in [0.25, 0.3) is 0 Å². The highest BCUT2D eigenvalue weighted by Crippen LogP contribution is 2.22. The average molecular weight is 356 g/mol. The number of halogens is 2. The van der Waals surface area contributed by atoms with Crippen LogP contribution in [0.25, 0.3) is 0 Å². The van der Waals surface area contributed by atoms with Crippen molar-refractivity contribution in [1.29, 1.82) is 0 Å². The van der Waals surface area contributed by atoms with Crippen LogP contribution in [0.1, 0.15) is 13.3 Å². The van der Waals surface area contributed by atoms with E-state index in [2.05, 4.69) is 41.5 Å². The standard InChI is InChI=1S/C13H15BrFN5O/c1-3-6-16-11-18-12(20-13(19-11)21-2)17-8-4-5-10(15)9(14)7-8/h4-5,7H,3,6H2,1-2H3,(H2,16,17,18,19,20). The number of hydrogen-bond acceptors (Lipinski definition) is 6. The van der Waals surface area contributed by atoms with Crippen LogP contribution in [0.2, 0.25) is 0 Å². The molecular formula is C13H15BrFN5O. The minimum atomic E-state index is -0.334. The monoisotopic (exact) mass is 355 g/mol. The van der Waals surface area contributed by atoms with Gasteiger partial charge >= 0.3 is 6.01 Å². The number of hydrogen-bond donors (Lipinski definition) is 2. The number of anilines is 3. The third-order valence-corrected chi connectivity index (χ3v) is 3.11. The summed E-state index contributed by atoms with van der Waals surface area (Å²) in [4.78, 5) is 12.4. The van der Waals surface area contributed by atoms with Crippen LogP contribution in [0.5, 0.6) is 6.01 Å². The first kappa shape index (κ1) is 15.4.